The first kappa shape index (κ1) is 18.3. The molecule has 1 aliphatic rings. The van der Waals surface area contributed by atoms with Gasteiger partial charge >= 0.3 is 5.97 Å². The van der Waals surface area contributed by atoms with Crippen LogP contribution in [0.15, 0.2) is 36.4 Å². The summed E-state index contributed by atoms with van der Waals surface area (Å²) in [6.07, 6.45) is 0.243. The lowest BCUT2D eigenvalue weighted by Crippen LogP contribution is -2.38. The van der Waals surface area contributed by atoms with Gasteiger partial charge in [-0.05, 0) is 24.1 Å². The molecule has 1 aromatic carbocycles. The molecule has 24 heavy (non-hydrogen) atoms. The highest BCUT2D eigenvalue weighted by Crippen LogP contribution is 2.29. The number of rotatable bonds is 7. The minimum absolute atomic E-state index is 0.0376. The Hall–Kier alpha value is -2.01. The Bertz CT molecular complexity index is 614. The second kappa shape index (κ2) is 8.20. The van der Waals surface area contributed by atoms with Crippen LogP contribution in [-0.4, -0.2) is 41.9 Å². The van der Waals surface area contributed by atoms with Crippen molar-refractivity contribution >= 4 is 23.5 Å². The molecule has 2 rings (SSSR count). The fourth-order valence-electron chi connectivity index (χ4n) is 2.87. The van der Waals surface area contributed by atoms with Gasteiger partial charge in [-0.1, -0.05) is 24.3 Å². The van der Waals surface area contributed by atoms with Crippen LogP contribution >= 0.6 is 11.6 Å². The normalized spacial score (nSPS) is 20.1. The Labute approximate surface area is 147 Å². The lowest BCUT2D eigenvalue weighted by atomic mass is 10.0. The molecular formula is C18H22ClNO4. The van der Waals surface area contributed by atoms with Crippen molar-refractivity contribution in [3.8, 4) is 5.75 Å². The van der Waals surface area contributed by atoms with E-state index in [1.54, 1.807) is 12.0 Å². The summed E-state index contributed by atoms with van der Waals surface area (Å²) in [4.78, 5) is 25.5. The summed E-state index contributed by atoms with van der Waals surface area (Å²) < 4.78 is 10.5. The van der Waals surface area contributed by atoms with Crippen LogP contribution < -0.4 is 4.74 Å². The zero-order valence-corrected chi connectivity index (χ0v) is 14.7. The molecule has 2 atom stereocenters. The maximum atomic E-state index is 12.4. The van der Waals surface area contributed by atoms with Crippen LogP contribution in [0.25, 0.3) is 0 Å². The van der Waals surface area contributed by atoms with Crippen molar-refractivity contribution in [2.45, 2.75) is 38.5 Å². The van der Waals surface area contributed by atoms with E-state index >= 15 is 0 Å². The Morgan fingerprint density at radius 2 is 2.04 bits per heavy atom. The third-order valence-corrected chi connectivity index (χ3v) is 4.42. The molecule has 0 spiro atoms. The molecule has 1 fully saturated rings. The van der Waals surface area contributed by atoms with E-state index in [0.29, 0.717) is 18.8 Å². The molecular weight excluding hydrogens is 330 g/mol. The number of carbonyl (C=O) groups is 2. The number of halogens is 1. The van der Waals surface area contributed by atoms with Crippen LogP contribution in [0, 0.1) is 0 Å². The molecule has 0 bridgehead atoms. The zero-order valence-electron chi connectivity index (χ0n) is 14.0. The number of benzene rings is 1. The predicted octanol–water partition coefficient (Wildman–Crippen LogP) is 2.91. The molecule has 0 radical (unpaired) electrons. The molecule has 1 saturated heterocycles. The van der Waals surface area contributed by atoms with Crippen molar-refractivity contribution < 1.29 is 19.1 Å². The monoisotopic (exact) mass is 351 g/mol. The van der Waals surface area contributed by atoms with Crippen molar-refractivity contribution in [2.75, 3.05) is 13.0 Å². The first-order valence-electron chi connectivity index (χ1n) is 7.76. The zero-order chi connectivity index (χ0) is 17.7. The summed E-state index contributed by atoms with van der Waals surface area (Å²) in [6.45, 7) is 5.71. The predicted molar refractivity (Wildman–Crippen MR) is 92.0 cm³/mol. The number of esters is 1. The van der Waals surface area contributed by atoms with Gasteiger partial charge in [0.1, 0.15) is 11.9 Å². The van der Waals surface area contributed by atoms with Crippen LogP contribution in [0.1, 0.15) is 25.3 Å². The van der Waals surface area contributed by atoms with Crippen molar-refractivity contribution in [1.29, 1.82) is 0 Å². The largest absolute Gasteiger partial charge is 0.497 e. The quantitative estimate of drug-likeness (QED) is 0.430. The van der Waals surface area contributed by atoms with Gasteiger partial charge in [-0.15, -0.1) is 11.6 Å². The number of carbonyl (C=O) groups excluding carboxylic acids is 2. The molecule has 1 aliphatic heterocycles. The van der Waals surface area contributed by atoms with Gasteiger partial charge < -0.3 is 14.4 Å². The average Bonchev–Trinajstić information content (AvgIpc) is 2.83. The SMILES string of the molecule is C=C(CCl)C[C@@H]1[C@@H](OC(C)=O)CC(=O)N1Cc1ccc(OC)cc1. The van der Waals surface area contributed by atoms with Crippen LogP contribution in [0.5, 0.6) is 5.75 Å². The highest BCUT2D eigenvalue weighted by Gasteiger charge is 2.41. The van der Waals surface area contributed by atoms with E-state index in [0.717, 1.165) is 16.9 Å². The Balaban J connectivity index is 2.17. The Kier molecular flexibility index (Phi) is 6.26. The smallest absolute Gasteiger partial charge is 0.302 e. The average molecular weight is 352 g/mol. The van der Waals surface area contributed by atoms with Crippen molar-refractivity contribution in [2.24, 2.45) is 0 Å². The lowest BCUT2D eigenvalue weighted by Gasteiger charge is -2.28. The van der Waals surface area contributed by atoms with Gasteiger partial charge in [-0.3, -0.25) is 9.59 Å². The van der Waals surface area contributed by atoms with E-state index in [4.69, 9.17) is 21.1 Å². The lowest BCUT2D eigenvalue weighted by molar-refractivity contribution is -0.147. The van der Waals surface area contributed by atoms with Gasteiger partial charge in [-0.25, -0.2) is 0 Å². The first-order valence-corrected chi connectivity index (χ1v) is 8.30. The van der Waals surface area contributed by atoms with Crippen LogP contribution in [0.2, 0.25) is 0 Å². The highest BCUT2D eigenvalue weighted by molar-refractivity contribution is 6.19. The highest BCUT2D eigenvalue weighted by atomic mass is 35.5. The number of ether oxygens (including phenoxy) is 2. The number of likely N-dealkylation sites (tertiary alicyclic amines) is 1. The van der Waals surface area contributed by atoms with Gasteiger partial charge in [-0.2, -0.15) is 0 Å². The van der Waals surface area contributed by atoms with E-state index in [1.807, 2.05) is 24.3 Å². The summed E-state index contributed by atoms with van der Waals surface area (Å²) in [7, 11) is 1.61. The van der Waals surface area contributed by atoms with E-state index in [-0.39, 0.29) is 24.3 Å². The van der Waals surface area contributed by atoms with Crippen molar-refractivity contribution in [1.82, 2.24) is 4.90 Å². The van der Waals surface area contributed by atoms with Crippen molar-refractivity contribution in [3.63, 3.8) is 0 Å². The fraction of sp³-hybridized carbons (Fsp3) is 0.444. The first-order chi connectivity index (χ1) is 11.4. The maximum absolute atomic E-state index is 12.4. The molecule has 1 amide bonds. The topological polar surface area (TPSA) is 55.8 Å². The van der Waals surface area contributed by atoms with Crippen molar-refractivity contribution in [3.05, 3.63) is 42.0 Å². The molecule has 0 saturated carbocycles. The molecule has 0 unspecified atom stereocenters. The molecule has 5 nitrogen and oxygen atoms in total. The molecule has 130 valence electrons. The third-order valence-electron chi connectivity index (χ3n) is 4.04. The molecule has 0 N–H and O–H groups in total. The van der Waals surface area contributed by atoms with E-state index in [2.05, 4.69) is 6.58 Å². The fourth-order valence-corrected chi connectivity index (χ4v) is 2.98. The molecule has 6 heteroatoms. The Morgan fingerprint density at radius 3 is 2.58 bits per heavy atom. The van der Waals surface area contributed by atoms with E-state index in [9.17, 15) is 9.59 Å². The van der Waals surface area contributed by atoms with Crippen LogP contribution in [0.4, 0.5) is 0 Å². The number of amides is 1. The van der Waals surface area contributed by atoms with Gasteiger partial charge in [0.2, 0.25) is 5.91 Å². The number of methoxy groups -OCH3 is 1. The van der Waals surface area contributed by atoms with Gasteiger partial charge in [0.15, 0.2) is 0 Å². The van der Waals surface area contributed by atoms with Crippen LogP contribution in [-0.2, 0) is 20.9 Å². The van der Waals surface area contributed by atoms with Gasteiger partial charge in [0, 0.05) is 19.3 Å². The van der Waals surface area contributed by atoms with Gasteiger partial charge in [0.25, 0.3) is 0 Å². The number of hydrogen-bond acceptors (Lipinski definition) is 4. The molecule has 0 aliphatic carbocycles. The summed E-state index contributed by atoms with van der Waals surface area (Å²) in [5.74, 6) is 0.648. The third kappa shape index (κ3) is 4.51. The molecule has 1 aromatic rings. The summed E-state index contributed by atoms with van der Waals surface area (Å²) in [5, 5.41) is 0. The van der Waals surface area contributed by atoms with Crippen LogP contribution in [0.3, 0.4) is 0 Å². The van der Waals surface area contributed by atoms with E-state index < -0.39 is 6.10 Å². The number of alkyl halides is 1. The number of nitrogens with zero attached hydrogens (tertiary/aromatic N) is 1. The Morgan fingerprint density at radius 1 is 1.38 bits per heavy atom. The summed E-state index contributed by atoms with van der Waals surface area (Å²) in [5.41, 5.74) is 1.79. The maximum Gasteiger partial charge on any atom is 0.302 e. The number of hydrogen-bond donors (Lipinski definition) is 0. The standard InChI is InChI=1S/C18H22ClNO4/c1-12(10-19)8-16-17(24-13(2)21)9-18(22)20(16)11-14-4-6-15(23-3)7-5-14/h4-7,16-17H,1,8-11H2,2-3H3/t16-,17+/m1/s1. The second-order valence-electron chi connectivity index (χ2n) is 5.88. The summed E-state index contributed by atoms with van der Waals surface area (Å²) in [6, 6.07) is 7.30. The van der Waals surface area contributed by atoms with Gasteiger partial charge in [0.05, 0.1) is 19.6 Å². The molecule has 0 aromatic heterocycles. The summed E-state index contributed by atoms with van der Waals surface area (Å²) >= 11 is 5.84. The van der Waals surface area contributed by atoms with E-state index in [1.165, 1.54) is 6.92 Å². The minimum Gasteiger partial charge on any atom is -0.497 e. The minimum atomic E-state index is -0.465. The second-order valence-corrected chi connectivity index (χ2v) is 6.14. The molecule has 1 heterocycles.